The van der Waals surface area contributed by atoms with Gasteiger partial charge in [0.25, 0.3) is 8.32 Å². The molecule has 1 saturated heterocycles. The van der Waals surface area contributed by atoms with Crippen LogP contribution in [0, 0.1) is 0 Å². The fraction of sp³-hybridized carbons (Fsp3) is 0.409. The van der Waals surface area contributed by atoms with E-state index >= 15 is 0 Å². The van der Waals surface area contributed by atoms with Crippen LogP contribution < -0.4 is 10.4 Å². The van der Waals surface area contributed by atoms with Crippen LogP contribution in [0.15, 0.2) is 60.7 Å². The molecule has 4 heteroatoms. The highest BCUT2D eigenvalue weighted by Crippen LogP contribution is 2.38. The van der Waals surface area contributed by atoms with Gasteiger partial charge in [-0.3, -0.25) is 0 Å². The smallest absolute Gasteiger partial charge is 0.261 e. The highest BCUT2D eigenvalue weighted by atomic mass is 28.4. The van der Waals surface area contributed by atoms with Crippen molar-refractivity contribution in [3.63, 3.8) is 0 Å². The average Bonchev–Trinajstić information content (AvgIpc) is 3.39. The molecule has 1 fully saturated rings. The van der Waals surface area contributed by atoms with Gasteiger partial charge in [0, 0.05) is 6.42 Å². The Bertz CT molecular complexity index is 670. The molecule has 26 heavy (non-hydrogen) atoms. The van der Waals surface area contributed by atoms with E-state index in [2.05, 4.69) is 81.4 Å². The summed E-state index contributed by atoms with van der Waals surface area (Å²) in [6.07, 6.45) is 2.58. The molecule has 2 atom stereocenters. The molecule has 0 spiro atoms. The fourth-order valence-electron chi connectivity index (χ4n) is 3.78. The molecule has 3 rings (SSSR count). The number of aldehydes is 1. The molecule has 0 saturated carbocycles. The topological polar surface area (TPSA) is 38.8 Å². The van der Waals surface area contributed by atoms with Gasteiger partial charge in [0.1, 0.15) is 12.4 Å². The lowest BCUT2D eigenvalue weighted by molar-refractivity contribution is -0.108. The molecule has 0 aromatic heterocycles. The second-order valence-electron chi connectivity index (χ2n) is 7.93. The molecular weight excluding hydrogens is 340 g/mol. The molecule has 0 unspecified atom stereocenters. The number of rotatable bonds is 8. The van der Waals surface area contributed by atoms with Gasteiger partial charge in [0.2, 0.25) is 0 Å². The largest absolute Gasteiger partial charge is 0.405 e. The molecule has 3 nitrogen and oxygen atoms in total. The first-order chi connectivity index (χ1) is 12.5. The number of benzene rings is 2. The van der Waals surface area contributed by atoms with E-state index < -0.39 is 8.32 Å². The van der Waals surface area contributed by atoms with Crippen molar-refractivity contribution in [3.05, 3.63) is 60.7 Å². The van der Waals surface area contributed by atoms with Crippen LogP contribution in [0.5, 0.6) is 0 Å². The lowest BCUT2D eigenvalue weighted by atomic mass is 10.2. The van der Waals surface area contributed by atoms with Gasteiger partial charge >= 0.3 is 0 Å². The SMILES string of the molecule is CC(C)(C)[Si](OC[C@@H]1O[C@H]1CCC=O)(c1ccccc1)c1ccccc1. The number of hydrogen-bond donors (Lipinski definition) is 0. The Labute approximate surface area is 157 Å². The number of ether oxygens (including phenoxy) is 1. The van der Waals surface area contributed by atoms with E-state index in [1.165, 1.54) is 10.4 Å². The summed E-state index contributed by atoms with van der Waals surface area (Å²) in [6, 6.07) is 21.3. The highest BCUT2D eigenvalue weighted by Gasteiger charge is 2.51. The summed E-state index contributed by atoms with van der Waals surface area (Å²) in [4.78, 5) is 10.6. The molecule has 1 aliphatic rings. The summed E-state index contributed by atoms with van der Waals surface area (Å²) in [6.45, 7) is 7.40. The summed E-state index contributed by atoms with van der Waals surface area (Å²) >= 11 is 0. The summed E-state index contributed by atoms with van der Waals surface area (Å²) in [5, 5.41) is 2.54. The molecule has 0 aliphatic carbocycles. The zero-order valence-electron chi connectivity index (χ0n) is 15.9. The lowest BCUT2D eigenvalue weighted by Crippen LogP contribution is -2.66. The molecular formula is C22H28O3Si. The van der Waals surface area contributed by atoms with Crippen LogP contribution in [0.3, 0.4) is 0 Å². The van der Waals surface area contributed by atoms with Gasteiger partial charge in [-0.15, -0.1) is 0 Å². The van der Waals surface area contributed by atoms with E-state index in [-0.39, 0.29) is 17.2 Å². The van der Waals surface area contributed by atoms with Crippen molar-refractivity contribution in [3.8, 4) is 0 Å². The third-order valence-electron chi connectivity index (χ3n) is 5.14. The number of carbonyl (C=O) groups is 1. The third-order valence-corrected chi connectivity index (χ3v) is 10.1. The zero-order valence-corrected chi connectivity index (χ0v) is 16.9. The maximum Gasteiger partial charge on any atom is 0.261 e. The molecule has 2 aromatic rings. The van der Waals surface area contributed by atoms with E-state index in [4.69, 9.17) is 9.16 Å². The summed E-state index contributed by atoms with van der Waals surface area (Å²) < 4.78 is 12.6. The Morgan fingerprint density at radius 3 is 1.96 bits per heavy atom. The molecule has 0 N–H and O–H groups in total. The van der Waals surface area contributed by atoms with Gasteiger partial charge in [-0.2, -0.15) is 0 Å². The van der Waals surface area contributed by atoms with Crippen molar-refractivity contribution in [1.82, 2.24) is 0 Å². The van der Waals surface area contributed by atoms with Crippen LogP contribution in [0.1, 0.15) is 33.6 Å². The van der Waals surface area contributed by atoms with Crippen LogP contribution >= 0.6 is 0 Å². The van der Waals surface area contributed by atoms with Crippen molar-refractivity contribution in [1.29, 1.82) is 0 Å². The lowest BCUT2D eigenvalue weighted by Gasteiger charge is -2.43. The average molecular weight is 369 g/mol. The molecule has 0 bridgehead atoms. The Balaban J connectivity index is 1.92. The van der Waals surface area contributed by atoms with Gasteiger partial charge in [-0.1, -0.05) is 81.4 Å². The number of hydrogen-bond acceptors (Lipinski definition) is 3. The number of epoxide rings is 1. The van der Waals surface area contributed by atoms with E-state index in [1.807, 2.05) is 0 Å². The van der Waals surface area contributed by atoms with E-state index in [1.54, 1.807) is 0 Å². The first kappa shape index (κ1) is 19.0. The van der Waals surface area contributed by atoms with Gasteiger partial charge in [0.05, 0.1) is 12.7 Å². The summed E-state index contributed by atoms with van der Waals surface area (Å²) in [5.41, 5.74) is 0. The van der Waals surface area contributed by atoms with Gasteiger partial charge in [-0.25, -0.2) is 0 Å². The predicted octanol–water partition coefficient (Wildman–Crippen LogP) is 3.31. The molecule has 138 valence electrons. The van der Waals surface area contributed by atoms with Crippen molar-refractivity contribution < 1.29 is 14.0 Å². The number of carbonyl (C=O) groups excluding carboxylic acids is 1. The minimum Gasteiger partial charge on any atom is -0.405 e. The van der Waals surface area contributed by atoms with Crippen LogP contribution in [-0.2, 0) is 14.0 Å². The van der Waals surface area contributed by atoms with Crippen molar-refractivity contribution in [2.45, 2.75) is 50.9 Å². The normalized spacial score (nSPS) is 20.0. The van der Waals surface area contributed by atoms with Crippen LogP contribution in [0.25, 0.3) is 0 Å². The quantitative estimate of drug-likeness (QED) is 0.408. The van der Waals surface area contributed by atoms with Gasteiger partial charge < -0.3 is 14.0 Å². The molecule has 0 amide bonds. The van der Waals surface area contributed by atoms with Crippen molar-refractivity contribution in [2.75, 3.05) is 6.61 Å². The Morgan fingerprint density at radius 1 is 0.962 bits per heavy atom. The standard InChI is InChI=1S/C22H28O3Si/c1-22(2,3)26(18-11-6-4-7-12-18,19-13-8-5-9-14-19)24-17-21-20(25-21)15-10-16-23/h4-9,11-14,16,20-21H,10,15,17H2,1-3H3/t20-,21-/m0/s1. The minimum atomic E-state index is -2.48. The molecule has 1 heterocycles. The van der Waals surface area contributed by atoms with Crippen LogP contribution in [0.4, 0.5) is 0 Å². The second kappa shape index (κ2) is 7.87. The maximum absolute atomic E-state index is 10.6. The van der Waals surface area contributed by atoms with E-state index in [9.17, 15) is 4.79 Å². The minimum absolute atomic E-state index is 0.0249. The predicted molar refractivity (Wildman–Crippen MR) is 108 cm³/mol. The third kappa shape index (κ3) is 3.82. The fourth-order valence-corrected chi connectivity index (χ4v) is 8.35. The molecule has 0 radical (unpaired) electrons. The Morgan fingerprint density at radius 2 is 1.50 bits per heavy atom. The van der Waals surface area contributed by atoms with E-state index in [0.717, 1.165) is 12.7 Å². The maximum atomic E-state index is 10.6. The van der Waals surface area contributed by atoms with Crippen molar-refractivity contribution >= 4 is 25.0 Å². The Kier molecular flexibility index (Phi) is 5.75. The highest BCUT2D eigenvalue weighted by molar-refractivity contribution is 6.99. The van der Waals surface area contributed by atoms with Crippen LogP contribution in [0.2, 0.25) is 5.04 Å². The van der Waals surface area contributed by atoms with Crippen LogP contribution in [-0.4, -0.2) is 33.4 Å². The van der Waals surface area contributed by atoms with Gasteiger partial charge in [-0.05, 0) is 21.8 Å². The molecule has 1 aliphatic heterocycles. The van der Waals surface area contributed by atoms with Crippen molar-refractivity contribution in [2.24, 2.45) is 0 Å². The van der Waals surface area contributed by atoms with Gasteiger partial charge in [0.15, 0.2) is 0 Å². The van der Waals surface area contributed by atoms with E-state index in [0.29, 0.717) is 13.0 Å². The summed E-state index contributed by atoms with van der Waals surface area (Å²) in [5.74, 6) is 0. The second-order valence-corrected chi connectivity index (χ2v) is 12.2. The molecule has 2 aromatic carbocycles. The summed E-state index contributed by atoms with van der Waals surface area (Å²) in [7, 11) is -2.48. The Hall–Kier alpha value is -1.75. The monoisotopic (exact) mass is 368 g/mol. The first-order valence-electron chi connectivity index (χ1n) is 9.33. The first-order valence-corrected chi connectivity index (χ1v) is 11.2. The zero-order chi connectivity index (χ0) is 18.6.